The zero-order valence-electron chi connectivity index (χ0n) is 30.2. The second-order valence-corrected chi connectivity index (χ2v) is 14.5. The van der Waals surface area contributed by atoms with E-state index in [1.165, 1.54) is 7.11 Å². The molecule has 2 aromatic heterocycles. The van der Waals surface area contributed by atoms with Crippen molar-refractivity contribution in [2.75, 3.05) is 20.2 Å². The van der Waals surface area contributed by atoms with Gasteiger partial charge in [-0.05, 0) is 82.3 Å². The lowest BCUT2D eigenvalue weighted by molar-refractivity contribution is -0.135. The predicted molar refractivity (Wildman–Crippen MR) is 193 cm³/mol. The van der Waals surface area contributed by atoms with E-state index in [4.69, 9.17) is 14.5 Å². The van der Waals surface area contributed by atoms with E-state index in [-0.39, 0.29) is 30.0 Å². The molecule has 0 bridgehead atoms. The third kappa shape index (κ3) is 7.93. The van der Waals surface area contributed by atoms with Gasteiger partial charge in [-0.1, -0.05) is 49.5 Å². The van der Waals surface area contributed by atoms with Gasteiger partial charge in [-0.3, -0.25) is 9.69 Å². The van der Waals surface area contributed by atoms with Crippen LogP contribution in [0.4, 0.5) is 9.59 Å². The average molecular weight is 692 g/mol. The largest absolute Gasteiger partial charge is 0.453 e. The van der Waals surface area contributed by atoms with Gasteiger partial charge in [-0.2, -0.15) is 0 Å². The Labute approximate surface area is 298 Å². The van der Waals surface area contributed by atoms with Gasteiger partial charge in [-0.25, -0.2) is 19.6 Å². The standard InChI is InChI=1S/C39H45N7O5/c1-23(2)33(44-37(48)50-7)36(47)45-18-8-9-31(45)34-40-21-30(43-34)27-15-12-25(13-16-27)10-11-26-14-17-28-29(20-26)42-35(41-28)32-19-24(3)22-46(32)38(49)51-39(4,5)6/h12-17,19-21,23,31-33H,8-9,18,22H2,1-7H3,(H,40,43)(H,41,42)(H,44,48)/t31-,32?,33-/m0/s1. The highest BCUT2D eigenvalue weighted by Gasteiger charge is 2.38. The molecule has 3 atom stereocenters. The number of alkyl carbamates (subject to hydrolysis) is 1. The van der Waals surface area contributed by atoms with Crippen LogP contribution in [0.25, 0.3) is 22.3 Å². The smallest absolute Gasteiger partial charge is 0.411 e. The molecule has 51 heavy (non-hydrogen) atoms. The predicted octanol–water partition coefficient (Wildman–Crippen LogP) is 6.64. The van der Waals surface area contributed by atoms with Crippen LogP contribution in [0.5, 0.6) is 0 Å². The number of rotatable bonds is 6. The van der Waals surface area contributed by atoms with E-state index in [0.717, 1.165) is 51.8 Å². The molecule has 12 nitrogen and oxygen atoms in total. The first kappa shape index (κ1) is 35.3. The molecule has 1 saturated heterocycles. The average Bonchev–Trinajstić information content (AvgIpc) is 3.90. The van der Waals surface area contributed by atoms with E-state index >= 15 is 0 Å². The van der Waals surface area contributed by atoms with E-state index < -0.39 is 17.7 Å². The number of ether oxygens (including phenoxy) is 2. The van der Waals surface area contributed by atoms with Crippen molar-refractivity contribution in [3.05, 3.63) is 83.1 Å². The Bertz CT molecular complexity index is 2030. The van der Waals surface area contributed by atoms with E-state index in [9.17, 15) is 14.4 Å². The number of aromatic amines is 2. The van der Waals surface area contributed by atoms with Crippen molar-refractivity contribution in [2.45, 2.75) is 78.1 Å². The quantitative estimate of drug-likeness (QED) is 0.152. The summed E-state index contributed by atoms with van der Waals surface area (Å²) in [5.41, 5.74) is 5.60. The molecule has 0 saturated carbocycles. The number of methoxy groups -OCH3 is 1. The summed E-state index contributed by atoms with van der Waals surface area (Å²) in [6.45, 7) is 12.5. The minimum absolute atomic E-state index is 0.102. The van der Waals surface area contributed by atoms with E-state index in [1.54, 1.807) is 16.0 Å². The summed E-state index contributed by atoms with van der Waals surface area (Å²) in [4.78, 5) is 58.0. The van der Waals surface area contributed by atoms with E-state index in [2.05, 4.69) is 32.1 Å². The van der Waals surface area contributed by atoms with Crippen LogP contribution in [0.1, 0.15) is 89.2 Å². The number of carbonyl (C=O) groups excluding carboxylic acids is 3. The summed E-state index contributed by atoms with van der Waals surface area (Å²) in [5, 5.41) is 2.69. The summed E-state index contributed by atoms with van der Waals surface area (Å²) in [6, 6.07) is 12.5. The van der Waals surface area contributed by atoms with Crippen LogP contribution in [0.3, 0.4) is 0 Å². The van der Waals surface area contributed by atoms with Gasteiger partial charge >= 0.3 is 12.2 Å². The van der Waals surface area contributed by atoms with Crippen molar-refractivity contribution in [3.8, 4) is 23.1 Å². The summed E-state index contributed by atoms with van der Waals surface area (Å²) >= 11 is 0. The number of nitrogens with one attached hydrogen (secondary N) is 3. The van der Waals surface area contributed by atoms with Crippen molar-refractivity contribution in [3.63, 3.8) is 0 Å². The lowest BCUT2D eigenvalue weighted by Gasteiger charge is -2.30. The minimum atomic E-state index is -0.685. The number of fused-ring (bicyclic) bond motifs is 1. The number of hydrogen-bond donors (Lipinski definition) is 3. The number of imidazole rings is 2. The van der Waals surface area contributed by atoms with Crippen LogP contribution >= 0.6 is 0 Å². The van der Waals surface area contributed by atoms with Crippen molar-refractivity contribution in [1.82, 2.24) is 35.1 Å². The van der Waals surface area contributed by atoms with Crippen molar-refractivity contribution in [2.24, 2.45) is 5.92 Å². The highest BCUT2D eigenvalue weighted by Crippen LogP contribution is 2.33. The maximum Gasteiger partial charge on any atom is 0.411 e. The fourth-order valence-electron chi connectivity index (χ4n) is 6.47. The number of hydrogen-bond acceptors (Lipinski definition) is 7. The Kier molecular flexibility index (Phi) is 9.92. The molecule has 0 aliphatic carbocycles. The first-order valence-corrected chi connectivity index (χ1v) is 17.3. The van der Waals surface area contributed by atoms with Crippen LogP contribution < -0.4 is 5.32 Å². The van der Waals surface area contributed by atoms with Gasteiger partial charge in [0.25, 0.3) is 0 Å². The first-order valence-electron chi connectivity index (χ1n) is 17.3. The normalized spacial score (nSPS) is 18.0. The second kappa shape index (κ2) is 14.3. The first-order chi connectivity index (χ1) is 24.3. The molecule has 1 unspecified atom stereocenters. The third-order valence-corrected chi connectivity index (χ3v) is 8.99. The number of aromatic nitrogens is 4. The highest BCUT2D eigenvalue weighted by molar-refractivity contribution is 5.86. The monoisotopic (exact) mass is 691 g/mol. The topological polar surface area (TPSA) is 146 Å². The molecular formula is C39H45N7O5. The maximum atomic E-state index is 13.5. The second-order valence-electron chi connectivity index (χ2n) is 14.5. The van der Waals surface area contributed by atoms with Crippen molar-refractivity contribution < 1.29 is 23.9 Å². The fraction of sp³-hybridized carbons (Fsp3) is 0.410. The maximum absolute atomic E-state index is 13.5. The van der Waals surface area contributed by atoms with Gasteiger partial charge in [-0.15, -0.1) is 0 Å². The molecule has 12 heteroatoms. The number of H-pyrrole nitrogens is 2. The zero-order chi connectivity index (χ0) is 36.4. The van der Waals surface area contributed by atoms with Crippen LogP contribution in [0.15, 0.2) is 60.3 Å². The van der Waals surface area contributed by atoms with Gasteiger partial charge in [0.1, 0.15) is 29.3 Å². The zero-order valence-corrected chi connectivity index (χ0v) is 30.2. The summed E-state index contributed by atoms with van der Waals surface area (Å²) in [6.07, 6.45) is 4.46. The molecule has 2 aromatic carbocycles. The summed E-state index contributed by atoms with van der Waals surface area (Å²) in [7, 11) is 1.29. The van der Waals surface area contributed by atoms with Crippen molar-refractivity contribution in [1.29, 1.82) is 0 Å². The molecule has 0 radical (unpaired) electrons. The molecular weight excluding hydrogens is 646 g/mol. The lowest BCUT2D eigenvalue weighted by Crippen LogP contribution is -2.51. The Hall–Kier alpha value is -5.57. The number of likely N-dealkylation sites (tertiary alicyclic amines) is 1. The van der Waals surface area contributed by atoms with Crippen molar-refractivity contribution >= 4 is 29.1 Å². The molecule has 3 N–H and O–H groups in total. The molecule has 4 aromatic rings. The number of amides is 3. The fourth-order valence-corrected chi connectivity index (χ4v) is 6.47. The van der Waals surface area contributed by atoms with E-state index in [1.807, 2.05) is 90.1 Å². The molecule has 3 amide bonds. The van der Waals surface area contributed by atoms with Gasteiger partial charge < -0.3 is 29.7 Å². The Morgan fingerprint density at radius 3 is 2.43 bits per heavy atom. The molecule has 2 aliphatic heterocycles. The van der Waals surface area contributed by atoms with Gasteiger partial charge in [0.2, 0.25) is 5.91 Å². The SMILES string of the molecule is COC(=O)N[C@H](C(=O)N1CCC[C@H]1c1ncc(-c2ccc(C#Cc3ccc4nc(C5C=C(C)CN5C(=O)OC(C)(C)C)[nH]c4c3)cc2)[nH]1)C(C)C. The van der Waals surface area contributed by atoms with Crippen LogP contribution in [0, 0.1) is 17.8 Å². The molecule has 2 aliphatic rings. The molecule has 4 heterocycles. The number of carbonyl (C=O) groups is 3. The third-order valence-electron chi connectivity index (χ3n) is 8.99. The van der Waals surface area contributed by atoms with Crippen LogP contribution in [0.2, 0.25) is 0 Å². The van der Waals surface area contributed by atoms with Gasteiger partial charge in [0, 0.05) is 24.2 Å². The van der Waals surface area contributed by atoms with Crippen LogP contribution in [-0.2, 0) is 14.3 Å². The molecule has 1 fully saturated rings. The number of nitrogens with zero attached hydrogens (tertiary/aromatic N) is 4. The Morgan fingerprint density at radius 1 is 1.00 bits per heavy atom. The van der Waals surface area contributed by atoms with Crippen LogP contribution in [-0.4, -0.2) is 79.7 Å². The molecule has 266 valence electrons. The number of benzene rings is 2. The highest BCUT2D eigenvalue weighted by atomic mass is 16.6. The van der Waals surface area contributed by atoms with Gasteiger partial charge in [0.05, 0.1) is 36.1 Å². The minimum Gasteiger partial charge on any atom is -0.453 e. The summed E-state index contributed by atoms with van der Waals surface area (Å²) in [5.74, 6) is 7.66. The Balaban J connectivity index is 1.13. The van der Waals surface area contributed by atoms with E-state index in [0.29, 0.717) is 24.7 Å². The Morgan fingerprint density at radius 2 is 1.73 bits per heavy atom. The molecule has 6 rings (SSSR count). The van der Waals surface area contributed by atoms with Gasteiger partial charge in [0.15, 0.2) is 0 Å². The lowest BCUT2D eigenvalue weighted by atomic mass is 10.0. The molecule has 0 spiro atoms. The summed E-state index contributed by atoms with van der Waals surface area (Å²) < 4.78 is 10.4.